The molecule has 0 N–H and O–H groups in total. The summed E-state index contributed by atoms with van der Waals surface area (Å²) < 4.78 is 35.7. The molecule has 0 aliphatic heterocycles. The van der Waals surface area contributed by atoms with Crippen LogP contribution in [0.15, 0.2) is 52.4 Å². The largest absolute Gasteiger partial charge is 0.380 e. The molecule has 0 saturated heterocycles. The monoisotopic (exact) mass is 523 g/mol. The van der Waals surface area contributed by atoms with E-state index in [1.807, 2.05) is 37.5 Å². The number of amides is 1. The van der Waals surface area contributed by atoms with Crippen LogP contribution in [0.25, 0.3) is 10.2 Å². The molecule has 0 atom stereocenters. The zero-order valence-corrected chi connectivity index (χ0v) is 22.0. The van der Waals surface area contributed by atoms with Crippen molar-refractivity contribution in [2.75, 3.05) is 26.3 Å². The molecule has 1 heterocycles. The van der Waals surface area contributed by atoms with Gasteiger partial charge in [0.25, 0.3) is 5.91 Å². The number of aromatic nitrogens is 1. The van der Waals surface area contributed by atoms with Gasteiger partial charge in [-0.3, -0.25) is 4.79 Å². The third kappa shape index (κ3) is 6.14. The Labute approximate surface area is 209 Å². The number of ether oxygens (including phenoxy) is 1. The first-order chi connectivity index (χ1) is 16.3. The van der Waals surface area contributed by atoms with Gasteiger partial charge < -0.3 is 9.30 Å². The van der Waals surface area contributed by atoms with Crippen molar-refractivity contribution in [1.82, 2.24) is 8.87 Å². The number of fused-ring (bicyclic) bond motifs is 1. The Morgan fingerprint density at radius 3 is 2.53 bits per heavy atom. The van der Waals surface area contributed by atoms with Crippen molar-refractivity contribution >= 4 is 49.1 Å². The van der Waals surface area contributed by atoms with Crippen LogP contribution in [0.5, 0.6) is 0 Å². The third-order valence-electron chi connectivity index (χ3n) is 5.36. The fourth-order valence-corrected chi connectivity index (χ4v) is 6.32. The Balaban J connectivity index is 1.92. The number of hydrogen-bond acceptors (Lipinski definition) is 5. The summed E-state index contributed by atoms with van der Waals surface area (Å²) in [6.45, 7) is 8.29. The van der Waals surface area contributed by atoms with Crippen molar-refractivity contribution in [3.8, 4) is 0 Å². The van der Waals surface area contributed by atoms with Crippen LogP contribution in [0.4, 0.5) is 0 Å². The molecule has 0 fully saturated rings. The molecule has 0 unspecified atom stereocenters. The highest BCUT2D eigenvalue weighted by Gasteiger charge is 2.22. The van der Waals surface area contributed by atoms with Crippen LogP contribution < -0.4 is 4.80 Å². The van der Waals surface area contributed by atoms with Crippen LogP contribution in [0.3, 0.4) is 0 Å². The molecule has 2 aromatic carbocycles. The second kappa shape index (κ2) is 12.1. The van der Waals surface area contributed by atoms with E-state index in [2.05, 4.69) is 4.99 Å². The lowest BCUT2D eigenvalue weighted by atomic mass is 10.2. The Morgan fingerprint density at radius 2 is 1.88 bits per heavy atom. The topological polar surface area (TPSA) is 81.0 Å². The Kier molecular flexibility index (Phi) is 9.44. The maximum atomic E-state index is 12.9. The van der Waals surface area contributed by atoms with E-state index in [1.54, 1.807) is 6.07 Å². The average Bonchev–Trinajstić information content (AvgIpc) is 3.15. The highest BCUT2D eigenvalue weighted by Crippen LogP contribution is 2.22. The minimum atomic E-state index is -3.60. The van der Waals surface area contributed by atoms with Gasteiger partial charge in [-0.15, -0.1) is 0 Å². The summed E-state index contributed by atoms with van der Waals surface area (Å²) in [6, 6.07) is 11.5. The van der Waals surface area contributed by atoms with Crippen molar-refractivity contribution in [1.29, 1.82) is 0 Å². The first-order valence-electron chi connectivity index (χ1n) is 11.4. The third-order valence-corrected chi connectivity index (χ3v) is 8.62. The number of hydrogen-bond donors (Lipinski definition) is 0. The van der Waals surface area contributed by atoms with Gasteiger partial charge in [-0.05, 0) is 55.8 Å². The number of carbonyl (C=O) groups is 1. The second-order valence-corrected chi connectivity index (χ2v) is 11.0. The van der Waals surface area contributed by atoms with E-state index >= 15 is 0 Å². The van der Waals surface area contributed by atoms with E-state index in [-0.39, 0.29) is 4.90 Å². The van der Waals surface area contributed by atoms with E-state index < -0.39 is 15.9 Å². The lowest BCUT2D eigenvalue weighted by Crippen LogP contribution is -2.31. The quantitative estimate of drug-likeness (QED) is 0.333. The molecule has 0 saturated carbocycles. The standard InChI is InChI=1S/C24H30ClN3O4S2/c1-4-7-14-27(5-2)34(30,31)20-11-8-18(9-12-20)23(29)26-24-28(15-16-32-6-3)21-13-10-19(25)17-22(21)33-24/h8-13,17H,4-7,14-16H2,1-3H3. The van der Waals surface area contributed by atoms with Crippen LogP contribution in [0.1, 0.15) is 44.0 Å². The number of benzene rings is 2. The molecule has 1 aromatic heterocycles. The van der Waals surface area contributed by atoms with Gasteiger partial charge in [0.1, 0.15) is 0 Å². The normalized spacial score (nSPS) is 12.7. The molecular weight excluding hydrogens is 494 g/mol. The van der Waals surface area contributed by atoms with Crippen LogP contribution in [-0.4, -0.2) is 49.5 Å². The summed E-state index contributed by atoms with van der Waals surface area (Å²) in [6.07, 6.45) is 1.71. The molecule has 184 valence electrons. The van der Waals surface area contributed by atoms with Crippen molar-refractivity contribution in [3.05, 3.63) is 57.9 Å². The maximum absolute atomic E-state index is 12.9. The van der Waals surface area contributed by atoms with Gasteiger partial charge in [0.05, 0.1) is 21.7 Å². The minimum absolute atomic E-state index is 0.172. The van der Waals surface area contributed by atoms with Crippen LogP contribution in [0, 0.1) is 0 Å². The number of halogens is 1. The summed E-state index contributed by atoms with van der Waals surface area (Å²) in [5, 5.41) is 0.612. The predicted octanol–water partition coefficient (Wildman–Crippen LogP) is 4.94. The van der Waals surface area contributed by atoms with E-state index in [9.17, 15) is 13.2 Å². The molecule has 1 amide bonds. The molecule has 0 spiro atoms. The van der Waals surface area contributed by atoms with Gasteiger partial charge in [0.15, 0.2) is 4.80 Å². The van der Waals surface area contributed by atoms with E-state index in [1.165, 1.54) is 39.9 Å². The molecule has 0 bridgehead atoms. The highest BCUT2D eigenvalue weighted by atomic mass is 35.5. The summed E-state index contributed by atoms with van der Waals surface area (Å²) in [5.41, 5.74) is 1.25. The molecule has 34 heavy (non-hydrogen) atoms. The van der Waals surface area contributed by atoms with Gasteiger partial charge >= 0.3 is 0 Å². The summed E-state index contributed by atoms with van der Waals surface area (Å²) in [5.74, 6) is -0.440. The highest BCUT2D eigenvalue weighted by molar-refractivity contribution is 7.89. The van der Waals surface area contributed by atoms with E-state index in [0.717, 1.165) is 23.1 Å². The summed E-state index contributed by atoms with van der Waals surface area (Å²) >= 11 is 7.52. The fourth-order valence-electron chi connectivity index (χ4n) is 3.50. The minimum Gasteiger partial charge on any atom is -0.380 e. The molecule has 0 aliphatic carbocycles. The molecule has 10 heteroatoms. The number of sulfonamides is 1. The SMILES string of the molecule is CCCCN(CC)S(=O)(=O)c1ccc(C(=O)N=c2sc3cc(Cl)ccc3n2CCOCC)cc1. The van der Waals surface area contributed by atoms with Crippen molar-refractivity contribution < 1.29 is 17.9 Å². The van der Waals surface area contributed by atoms with Gasteiger partial charge in [-0.2, -0.15) is 9.30 Å². The molecule has 7 nitrogen and oxygen atoms in total. The number of unbranched alkanes of at least 4 members (excludes halogenated alkanes) is 1. The zero-order chi connectivity index (χ0) is 24.7. The first-order valence-corrected chi connectivity index (χ1v) is 14.0. The lowest BCUT2D eigenvalue weighted by molar-refractivity contribution is 0.0996. The van der Waals surface area contributed by atoms with E-state index in [0.29, 0.717) is 48.2 Å². The first kappa shape index (κ1) is 26.6. The molecule has 3 rings (SSSR count). The summed E-state index contributed by atoms with van der Waals surface area (Å²) in [7, 11) is -3.60. The van der Waals surface area contributed by atoms with Crippen LogP contribution in [0.2, 0.25) is 5.02 Å². The second-order valence-electron chi connectivity index (χ2n) is 7.64. The predicted molar refractivity (Wildman–Crippen MR) is 137 cm³/mol. The van der Waals surface area contributed by atoms with Crippen LogP contribution in [-0.2, 0) is 21.3 Å². The number of thiazole rings is 1. The van der Waals surface area contributed by atoms with Crippen molar-refractivity contribution in [3.63, 3.8) is 0 Å². The number of nitrogens with zero attached hydrogens (tertiary/aromatic N) is 3. The number of carbonyl (C=O) groups excluding carboxylic acids is 1. The fraction of sp³-hybridized carbons (Fsp3) is 0.417. The van der Waals surface area contributed by atoms with E-state index in [4.69, 9.17) is 16.3 Å². The van der Waals surface area contributed by atoms with Crippen LogP contribution >= 0.6 is 22.9 Å². The Morgan fingerprint density at radius 1 is 1.15 bits per heavy atom. The average molecular weight is 524 g/mol. The van der Waals surface area contributed by atoms with Gasteiger partial charge in [-0.25, -0.2) is 8.42 Å². The molecule has 3 aromatic rings. The van der Waals surface area contributed by atoms with Crippen molar-refractivity contribution in [2.24, 2.45) is 4.99 Å². The molecule has 0 aliphatic rings. The van der Waals surface area contributed by atoms with Crippen molar-refractivity contribution in [2.45, 2.75) is 45.1 Å². The number of rotatable bonds is 11. The van der Waals surface area contributed by atoms with Gasteiger partial charge in [0, 0.05) is 36.8 Å². The smallest absolute Gasteiger partial charge is 0.279 e. The Hall–Kier alpha value is -2.04. The lowest BCUT2D eigenvalue weighted by Gasteiger charge is -2.20. The van der Waals surface area contributed by atoms with Gasteiger partial charge in [0.2, 0.25) is 10.0 Å². The Bertz CT molecular complexity index is 1300. The maximum Gasteiger partial charge on any atom is 0.279 e. The molecule has 0 radical (unpaired) electrons. The molecular formula is C24H30ClN3O4S2. The summed E-state index contributed by atoms with van der Waals surface area (Å²) in [4.78, 5) is 18.0. The van der Waals surface area contributed by atoms with Gasteiger partial charge in [-0.1, -0.05) is 43.2 Å². The zero-order valence-electron chi connectivity index (χ0n) is 19.7.